The summed E-state index contributed by atoms with van der Waals surface area (Å²) in [6.45, 7) is 2.04. The Balaban J connectivity index is 2.83. The van der Waals surface area contributed by atoms with Crippen LogP contribution < -0.4 is 0 Å². The topological polar surface area (TPSA) is 15.8 Å². The van der Waals surface area contributed by atoms with Crippen molar-refractivity contribution in [3.63, 3.8) is 0 Å². The van der Waals surface area contributed by atoms with Crippen molar-refractivity contribution in [3.05, 3.63) is 32.5 Å². The molecule has 0 fully saturated rings. The molecule has 2 rings (SSSR count). The van der Waals surface area contributed by atoms with Crippen molar-refractivity contribution in [2.24, 2.45) is 0 Å². The molecule has 1 heterocycles. The van der Waals surface area contributed by atoms with Crippen molar-refractivity contribution in [2.45, 2.75) is 6.92 Å². The Morgan fingerprint density at radius 3 is 2.83 bits per heavy atom. The molecule has 3 heteroatoms. The van der Waals surface area contributed by atoms with E-state index in [1.165, 1.54) is 11.1 Å². The van der Waals surface area contributed by atoms with Gasteiger partial charge in [0.05, 0.1) is 5.02 Å². The highest BCUT2D eigenvalue weighted by atomic mass is 127. The van der Waals surface area contributed by atoms with Crippen molar-refractivity contribution in [1.82, 2.24) is 4.98 Å². The van der Waals surface area contributed by atoms with E-state index in [-0.39, 0.29) is 0 Å². The minimum atomic E-state index is 0.810. The largest absolute Gasteiger partial charge is 0.359 e. The maximum atomic E-state index is 5.97. The van der Waals surface area contributed by atoms with Gasteiger partial charge < -0.3 is 4.98 Å². The molecule has 0 aliphatic heterocycles. The first-order valence-corrected chi connectivity index (χ1v) is 5.07. The summed E-state index contributed by atoms with van der Waals surface area (Å²) in [6.07, 6.45) is 0. The van der Waals surface area contributed by atoms with E-state index in [0.717, 1.165) is 14.1 Å². The first-order valence-electron chi connectivity index (χ1n) is 3.61. The van der Waals surface area contributed by atoms with Crippen LogP contribution in [0.3, 0.4) is 0 Å². The average Bonchev–Trinajstić information content (AvgIpc) is 2.30. The Morgan fingerprint density at radius 1 is 1.33 bits per heavy atom. The predicted octanol–water partition coefficient (Wildman–Crippen LogP) is 3.73. The molecule has 0 aliphatic carbocycles. The third-order valence-corrected chi connectivity index (χ3v) is 3.32. The second kappa shape index (κ2) is 2.92. The molecule has 1 aromatic carbocycles. The summed E-state index contributed by atoms with van der Waals surface area (Å²) in [5.41, 5.74) is 2.28. The van der Waals surface area contributed by atoms with Gasteiger partial charge in [-0.05, 0) is 47.7 Å². The second-order valence-electron chi connectivity index (χ2n) is 2.81. The lowest BCUT2D eigenvalue weighted by Crippen LogP contribution is -1.74. The number of aryl methyl sites for hydroxylation is 1. The maximum absolute atomic E-state index is 5.97. The zero-order chi connectivity index (χ0) is 8.72. The van der Waals surface area contributed by atoms with Crippen LogP contribution in [0.1, 0.15) is 5.69 Å². The smallest absolute Gasteiger partial charge is 0.0560 e. The number of hydrogen-bond donors (Lipinski definition) is 1. The van der Waals surface area contributed by atoms with E-state index in [4.69, 9.17) is 11.6 Å². The fourth-order valence-electron chi connectivity index (χ4n) is 1.27. The number of benzene rings is 1. The molecule has 0 bridgehead atoms. The van der Waals surface area contributed by atoms with Gasteiger partial charge in [-0.1, -0.05) is 11.6 Å². The SMILES string of the molecule is Cc1cc2cc(I)c(Cl)cc2[nH]1. The first kappa shape index (κ1) is 8.38. The van der Waals surface area contributed by atoms with E-state index in [1.807, 2.05) is 13.0 Å². The summed E-state index contributed by atoms with van der Waals surface area (Å²) in [6, 6.07) is 6.17. The van der Waals surface area contributed by atoms with Crippen LogP contribution in [0.15, 0.2) is 18.2 Å². The summed E-state index contributed by atoms with van der Waals surface area (Å²) in [5.74, 6) is 0. The van der Waals surface area contributed by atoms with Gasteiger partial charge in [0.15, 0.2) is 0 Å². The quantitative estimate of drug-likeness (QED) is 0.712. The molecule has 0 spiro atoms. The monoisotopic (exact) mass is 291 g/mol. The molecule has 1 aromatic heterocycles. The van der Waals surface area contributed by atoms with Crippen LogP contribution in [-0.4, -0.2) is 4.98 Å². The van der Waals surface area contributed by atoms with E-state index < -0.39 is 0 Å². The van der Waals surface area contributed by atoms with Crippen molar-refractivity contribution in [2.75, 3.05) is 0 Å². The minimum Gasteiger partial charge on any atom is -0.359 e. The number of H-pyrrole nitrogens is 1. The van der Waals surface area contributed by atoms with Crippen LogP contribution >= 0.6 is 34.2 Å². The van der Waals surface area contributed by atoms with Crippen molar-refractivity contribution in [3.8, 4) is 0 Å². The molecule has 0 aliphatic rings. The molecule has 0 atom stereocenters. The van der Waals surface area contributed by atoms with E-state index in [2.05, 4.69) is 39.7 Å². The highest BCUT2D eigenvalue weighted by Crippen LogP contribution is 2.25. The third-order valence-electron chi connectivity index (χ3n) is 1.80. The predicted molar refractivity (Wildman–Crippen MR) is 60.8 cm³/mol. The molecule has 0 radical (unpaired) electrons. The number of aromatic nitrogens is 1. The highest BCUT2D eigenvalue weighted by molar-refractivity contribution is 14.1. The fourth-order valence-corrected chi connectivity index (χ4v) is 1.93. The molecule has 12 heavy (non-hydrogen) atoms. The standard InChI is InChI=1S/C9H7ClIN/c1-5-2-6-3-8(11)7(10)4-9(6)12-5/h2-4,12H,1H3. The Hall–Kier alpha value is -0.220. The molecule has 62 valence electrons. The van der Waals surface area contributed by atoms with E-state index in [1.54, 1.807) is 0 Å². The van der Waals surface area contributed by atoms with E-state index in [0.29, 0.717) is 0 Å². The molecule has 0 saturated heterocycles. The number of rotatable bonds is 0. The van der Waals surface area contributed by atoms with Gasteiger partial charge in [0.2, 0.25) is 0 Å². The first-order chi connectivity index (χ1) is 5.66. The van der Waals surface area contributed by atoms with Crippen LogP contribution in [0, 0.1) is 10.5 Å². The Morgan fingerprint density at radius 2 is 2.08 bits per heavy atom. The lowest BCUT2D eigenvalue weighted by atomic mass is 10.2. The second-order valence-corrected chi connectivity index (χ2v) is 4.38. The van der Waals surface area contributed by atoms with Gasteiger partial charge in [0.1, 0.15) is 0 Å². The van der Waals surface area contributed by atoms with Crippen LogP contribution in [0.4, 0.5) is 0 Å². The lowest BCUT2D eigenvalue weighted by molar-refractivity contribution is 1.30. The van der Waals surface area contributed by atoms with Gasteiger partial charge in [-0.3, -0.25) is 0 Å². The highest BCUT2D eigenvalue weighted by Gasteiger charge is 2.01. The molecule has 1 nitrogen and oxygen atoms in total. The van der Waals surface area contributed by atoms with Crippen molar-refractivity contribution in [1.29, 1.82) is 0 Å². The third kappa shape index (κ3) is 1.33. The zero-order valence-electron chi connectivity index (χ0n) is 6.49. The number of halogens is 2. The molecule has 1 N–H and O–H groups in total. The molecule has 0 unspecified atom stereocenters. The summed E-state index contributed by atoms with van der Waals surface area (Å²) in [7, 11) is 0. The van der Waals surface area contributed by atoms with Crippen LogP contribution in [0.25, 0.3) is 10.9 Å². The van der Waals surface area contributed by atoms with Gasteiger partial charge in [0.25, 0.3) is 0 Å². The van der Waals surface area contributed by atoms with Crippen molar-refractivity contribution < 1.29 is 0 Å². The van der Waals surface area contributed by atoms with Gasteiger partial charge in [0, 0.05) is 20.2 Å². The maximum Gasteiger partial charge on any atom is 0.0560 e. The number of aromatic amines is 1. The van der Waals surface area contributed by atoms with Gasteiger partial charge in [-0.15, -0.1) is 0 Å². The molecular weight excluding hydrogens is 284 g/mol. The summed E-state index contributed by atoms with van der Waals surface area (Å²) in [5, 5.41) is 2.03. The fraction of sp³-hybridized carbons (Fsp3) is 0.111. The van der Waals surface area contributed by atoms with Crippen LogP contribution in [0.5, 0.6) is 0 Å². The summed E-state index contributed by atoms with van der Waals surface area (Å²) in [4.78, 5) is 3.24. The number of fused-ring (bicyclic) bond motifs is 1. The number of nitrogens with one attached hydrogen (secondary N) is 1. The Labute approximate surface area is 89.3 Å². The molecule has 2 aromatic rings. The minimum absolute atomic E-state index is 0.810. The van der Waals surface area contributed by atoms with E-state index >= 15 is 0 Å². The molecule has 0 saturated carbocycles. The number of hydrogen-bond acceptors (Lipinski definition) is 0. The van der Waals surface area contributed by atoms with Crippen molar-refractivity contribution >= 4 is 45.1 Å². The van der Waals surface area contributed by atoms with Gasteiger partial charge in [-0.2, -0.15) is 0 Å². The van der Waals surface area contributed by atoms with Crippen LogP contribution in [-0.2, 0) is 0 Å². The normalized spacial score (nSPS) is 10.9. The molecular formula is C9H7ClIN. The van der Waals surface area contributed by atoms with Gasteiger partial charge in [-0.25, -0.2) is 0 Å². The summed E-state index contributed by atoms with van der Waals surface area (Å²) >= 11 is 8.21. The zero-order valence-corrected chi connectivity index (χ0v) is 9.40. The Kier molecular flexibility index (Phi) is 2.04. The van der Waals surface area contributed by atoms with Gasteiger partial charge >= 0.3 is 0 Å². The van der Waals surface area contributed by atoms with E-state index in [9.17, 15) is 0 Å². The van der Waals surface area contributed by atoms with Crippen LogP contribution in [0.2, 0.25) is 5.02 Å². The Bertz CT molecular complexity index is 394. The lowest BCUT2D eigenvalue weighted by Gasteiger charge is -1.94. The summed E-state index contributed by atoms with van der Waals surface area (Å²) < 4.78 is 1.10. The molecule has 0 amide bonds. The average molecular weight is 292 g/mol.